The molecule has 16 heavy (non-hydrogen) atoms. The lowest BCUT2D eigenvalue weighted by atomic mass is 9.97. The van der Waals surface area contributed by atoms with Crippen LogP contribution < -0.4 is 5.73 Å². The smallest absolute Gasteiger partial charge is 0.0512 e. The van der Waals surface area contributed by atoms with Crippen LogP contribution in [0.5, 0.6) is 0 Å². The second-order valence-electron chi connectivity index (χ2n) is 4.67. The number of benzene rings is 1. The number of fused-ring (bicyclic) bond motifs is 1. The summed E-state index contributed by atoms with van der Waals surface area (Å²) in [5, 5.41) is 1.36. The van der Waals surface area contributed by atoms with E-state index in [9.17, 15) is 0 Å². The summed E-state index contributed by atoms with van der Waals surface area (Å²) in [5.74, 6) is 0.422. The van der Waals surface area contributed by atoms with Gasteiger partial charge in [0.15, 0.2) is 0 Å². The Kier molecular flexibility index (Phi) is 2.76. The molecule has 2 heteroatoms. The summed E-state index contributed by atoms with van der Waals surface area (Å²) < 4.78 is 2.28. The monoisotopic (exact) mass is 216 g/mol. The summed E-state index contributed by atoms with van der Waals surface area (Å²) in [5.41, 5.74) is 11.2. The molecule has 1 aromatic heterocycles. The molecule has 0 spiro atoms. The Bertz CT molecular complexity index is 523. The molecule has 2 rings (SSSR count). The molecule has 1 atom stereocenters. The predicted molar refractivity (Wildman–Crippen MR) is 69.9 cm³/mol. The van der Waals surface area contributed by atoms with E-state index in [-0.39, 0.29) is 0 Å². The van der Waals surface area contributed by atoms with Gasteiger partial charge in [-0.15, -0.1) is 0 Å². The van der Waals surface area contributed by atoms with E-state index in [1.807, 2.05) is 0 Å². The second-order valence-corrected chi connectivity index (χ2v) is 4.67. The molecule has 0 aliphatic heterocycles. The van der Waals surface area contributed by atoms with Gasteiger partial charge < -0.3 is 10.3 Å². The summed E-state index contributed by atoms with van der Waals surface area (Å²) in [6.45, 7) is 7.25. The Morgan fingerprint density at radius 3 is 2.62 bits per heavy atom. The first-order chi connectivity index (χ1) is 7.57. The van der Waals surface area contributed by atoms with Gasteiger partial charge in [-0.25, -0.2) is 0 Å². The molecule has 0 saturated heterocycles. The number of para-hydroxylation sites is 1. The Hall–Kier alpha value is -1.28. The van der Waals surface area contributed by atoms with Gasteiger partial charge in [0.2, 0.25) is 0 Å². The van der Waals surface area contributed by atoms with E-state index in [4.69, 9.17) is 5.73 Å². The van der Waals surface area contributed by atoms with Crippen LogP contribution in [-0.4, -0.2) is 11.1 Å². The molecule has 2 nitrogen and oxygen atoms in total. The number of hydrogen-bond donors (Lipinski definition) is 1. The summed E-state index contributed by atoms with van der Waals surface area (Å²) >= 11 is 0. The molecule has 0 radical (unpaired) electrons. The second kappa shape index (κ2) is 3.95. The van der Waals surface area contributed by atoms with Crippen LogP contribution >= 0.6 is 0 Å². The van der Waals surface area contributed by atoms with E-state index in [1.54, 1.807) is 0 Å². The molecule has 1 heterocycles. The lowest BCUT2D eigenvalue weighted by Gasteiger charge is -2.09. The van der Waals surface area contributed by atoms with Crippen molar-refractivity contribution in [2.45, 2.75) is 26.7 Å². The van der Waals surface area contributed by atoms with Gasteiger partial charge in [0.25, 0.3) is 0 Å². The number of hydrogen-bond acceptors (Lipinski definition) is 1. The highest BCUT2D eigenvalue weighted by Gasteiger charge is 2.16. The van der Waals surface area contributed by atoms with Gasteiger partial charge in [0.05, 0.1) is 5.52 Å². The van der Waals surface area contributed by atoms with Gasteiger partial charge in [-0.05, 0) is 37.4 Å². The van der Waals surface area contributed by atoms with Crippen molar-refractivity contribution in [2.24, 2.45) is 12.8 Å². The van der Waals surface area contributed by atoms with E-state index in [0.29, 0.717) is 12.5 Å². The number of nitrogens with two attached hydrogens (primary N) is 1. The summed E-state index contributed by atoms with van der Waals surface area (Å²) in [4.78, 5) is 0. The van der Waals surface area contributed by atoms with Crippen LogP contribution in [0.15, 0.2) is 18.2 Å². The summed E-state index contributed by atoms with van der Waals surface area (Å²) in [6.07, 6.45) is 0. The van der Waals surface area contributed by atoms with Crippen molar-refractivity contribution in [2.75, 3.05) is 6.54 Å². The fourth-order valence-corrected chi connectivity index (χ4v) is 2.60. The van der Waals surface area contributed by atoms with E-state index in [1.165, 1.54) is 27.7 Å². The van der Waals surface area contributed by atoms with Crippen molar-refractivity contribution in [1.29, 1.82) is 0 Å². The van der Waals surface area contributed by atoms with E-state index < -0.39 is 0 Å². The largest absolute Gasteiger partial charge is 0.347 e. The van der Waals surface area contributed by atoms with E-state index in [0.717, 1.165) is 0 Å². The van der Waals surface area contributed by atoms with Crippen LogP contribution in [0.1, 0.15) is 29.7 Å². The van der Waals surface area contributed by atoms with Crippen LogP contribution in [0, 0.1) is 13.8 Å². The summed E-state index contributed by atoms with van der Waals surface area (Å²) in [6, 6.07) is 6.50. The van der Waals surface area contributed by atoms with Gasteiger partial charge in [-0.2, -0.15) is 0 Å². The molecule has 0 aliphatic carbocycles. The maximum Gasteiger partial charge on any atom is 0.0512 e. The molecule has 1 aromatic carbocycles. The van der Waals surface area contributed by atoms with Gasteiger partial charge >= 0.3 is 0 Å². The molecule has 0 saturated carbocycles. The molecule has 0 aliphatic rings. The van der Waals surface area contributed by atoms with Crippen LogP contribution in [0.2, 0.25) is 0 Å². The van der Waals surface area contributed by atoms with E-state index >= 15 is 0 Å². The Morgan fingerprint density at radius 2 is 2.00 bits per heavy atom. The lowest BCUT2D eigenvalue weighted by molar-refractivity contribution is 0.761. The molecule has 2 aromatic rings. The zero-order chi connectivity index (χ0) is 11.9. The van der Waals surface area contributed by atoms with Crippen molar-refractivity contribution >= 4 is 10.9 Å². The average Bonchev–Trinajstić information content (AvgIpc) is 2.52. The molecule has 2 N–H and O–H groups in total. The van der Waals surface area contributed by atoms with Crippen molar-refractivity contribution < 1.29 is 0 Å². The lowest BCUT2D eigenvalue weighted by Crippen LogP contribution is -2.09. The first kappa shape index (κ1) is 11.2. The molecule has 0 amide bonds. The third kappa shape index (κ3) is 1.45. The SMILES string of the molecule is Cc1cccc2c(C(C)CN)c(C)n(C)c12. The number of aromatic nitrogens is 1. The van der Waals surface area contributed by atoms with Crippen LogP contribution in [-0.2, 0) is 7.05 Å². The van der Waals surface area contributed by atoms with Gasteiger partial charge in [-0.1, -0.05) is 25.1 Å². The van der Waals surface area contributed by atoms with Crippen molar-refractivity contribution in [3.63, 3.8) is 0 Å². The number of aryl methyl sites for hydroxylation is 2. The first-order valence-corrected chi connectivity index (χ1v) is 5.82. The fraction of sp³-hybridized carbons (Fsp3) is 0.429. The quantitative estimate of drug-likeness (QED) is 0.822. The zero-order valence-corrected chi connectivity index (χ0v) is 10.5. The third-order valence-electron chi connectivity index (χ3n) is 3.60. The average molecular weight is 216 g/mol. The molecular formula is C14H20N2. The third-order valence-corrected chi connectivity index (χ3v) is 3.60. The van der Waals surface area contributed by atoms with Crippen LogP contribution in [0.4, 0.5) is 0 Å². The van der Waals surface area contributed by atoms with Crippen molar-refractivity contribution in [3.8, 4) is 0 Å². The zero-order valence-electron chi connectivity index (χ0n) is 10.5. The van der Waals surface area contributed by atoms with Gasteiger partial charge in [0, 0.05) is 18.1 Å². The first-order valence-electron chi connectivity index (χ1n) is 5.82. The Labute approximate surface area is 97.1 Å². The minimum absolute atomic E-state index is 0.422. The Balaban J connectivity index is 2.84. The topological polar surface area (TPSA) is 30.9 Å². The highest BCUT2D eigenvalue weighted by molar-refractivity contribution is 5.88. The van der Waals surface area contributed by atoms with E-state index in [2.05, 4.69) is 50.6 Å². The Morgan fingerprint density at radius 1 is 1.31 bits per heavy atom. The minimum atomic E-state index is 0.422. The van der Waals surface area contributed by atoms with Crippen LogP contribution in [0.3, 0.4) is 0 Å². The standard InChI is InChI=1S/C14H20N2/c1-9-6-5-7-12-13(10(2)8-15)11(3)16(4)14(9)12/h5-7,10H,8,15H2,1-4H3. The van der Waals surface area contributed by atoms with Crippen LogP contribution in [0.25, 0.3) is 10.9 Å². The molecular weight excluding hydrogens is 196 g/mol. The normalized spacial score (nSPS) is 13.3. The highest BCUT2D eigenvalue weighted by Crippen LogP contribution is 2.32. The maximum absolute atomic E-state index is 5.80. The van der Waals surface area contributed by atoms with Crippen molar-refractivity contribution in [3.05, 3.63) is 35.0 Å². The van der Waals surface area contributed by atoms with Crippen molar-refractivity contribution in [1.82, 2.24) is 4.57 Å². The molecule has 1 unspecified atom stereocenters. The highest BCUT2D eigenvalue weighted by atomic mass is 14.9. The molecule has 0 bridgehead atoms. The maximum atomic E-state index is 5.80. The molecule has 0 fully saturated rings. The predicted octanol–water partition coefficient (Wildman–Crippen LogP) is 2.86. The number of nitrogens with zero attached hydrogens (tertiary/aromatic N) is 1. The number of rotatable bonds is 2. The van der Waals surface area contributed by atoms with Gasteiger partial charge in [0.1, 0.15) is 0 Å². The molecule has 86 valence electrons. The summed E-state index contributed by atoms with van der Waals surface area (Å²) in [7, 11) is 2.14. The van der Waals surface area contributed by atoms with Gasteiger partial charge in [-0.3, -0.25) is 0 Å². The fourth-order valence-electron chi connectivity index (χ4n) is 2.60. The minimum Gasteiger partial charge on any atom is -0.347 e.